The molecule has 0 aromatic heterocycles. The number of amides is 1. The van der Waals surface area contributed by atoms with E-state index in [0.717, 1.165) is 12.0 Å². The number of hydrogen-bond donors (Lipinski definition) is 1. The van der Waals surface area contributed by atoms with Crippen LogP contribution >= 0.6 is 11.6 Å². The maximum Gasteiger partial charge on any atom is 0.240 e. The average molecular weight is 283 g/mol. The highest BCUT2D eigenvalue weighted by molar-refractivity contribution is 6.30. The van der Waals surface area contributed by atoms with E-state index in [4.69, 9.17) is 17.3 Å². The molecule has 2 N–H and O–H groups in total. The summed E-state index contributed by atoms with van der Waals surface area (Å²) >= 11 is 5.96. The third-order valence-electron chi connectivity index (χ3n) is 3.50. The van der Waals surface area contributed by atoms with E-state index in [-0.39, 0.29) is 11.8 Å². The molecule has 1 aromatic rings. The van der Waals surface area contributed by atoms with Crippen molar-refractivity contribution in [2.75, 3.05) is 6.54 Å². The highest BCUT2D eigenvalue weighted by Gasteiger charge is 2.24. The Hall–Kier alpha value is -1.06. The van der Waals surface area contributed by atoms with Crippen molar-refractivity contribution < 1.29 is 4.79 Å². The number of halogens is 1. The highest BCUT2D eigenvalue weighted by Crippen LogP contribution is 2.15. The monoisotopic (exact) mass is 282 g/mol. The van der Waals surface area contributed by atoms with Gasteiger partial charge in [-0.25, -0.2) is 0 Å². The molecule has 0 saturated carbocycles. The van der Waals surface area contributed by atoms with E-state index in [1.165, 1.54) is 0 Å². The van der Waals surface area contributed by atoms with E-state index in [1.807, 2.05) is 45.0 Å². The van der Waals surface area contributed by atoms with Gasteiger partial charge in [0, 0.05) is 18.1 Å². The summed E-state index contributed by atoms with van der Waals surface area (Å²) in [6.45, 7) is 7.22. The first-order valence-electron chi connectivity index (χ1n) is 6.78. The third kappa shape index (κ3) is 4.51. The van der Waals surface area contributed by atoms with Gasteiger partial charge in [0.1, 0.15) is 0 Å². The number of carbonyl (C=O) groups is 1. The molecule has 0 aliphatic rings. The van der Waals surface area contributed by atoms with Crippen molar-refractivity contribution in [1.29, 1.82) is 0 Å². The van der Waals surface area contributed by atoms with E-state index in [1.54, 1.807) is 4.90 Å². The standard InChI is InChI=1S/C15H23ClN2O/c1-4-11(3)14(17)15(19)18(5-2)10-12-7-6-8-13(16)9-12/h6-9,11,14H,4-5,10,17H2,1-3H3/t11?,14-/m0/s1. The average Bonchev–Trinajstić information content (AvgIpc) is 2.42. The van der Waals surface area contributed by atoms with Crippen LogP contribution in [0.3, 0.4) is 0 Å². The van der Waals surface area contributed by atoms with Crippen molar-refractivity contribution in [3.63, 3.8) is 0 Å². The first-order chi connectivity index (χ1) is 8.99. The van der Waals surface area contributed by atoms with Crippen LogP contribution in [0.2, 0.25) is 5.02 Å². The van der Waals surface area contributed by atoms with E-state index >= 15 is 0 Å². The van der Waals surface area contributed by atoms with Gasteiger partial charge in [-0.3, -0.25) is 4.79 Å². The molecule has 1 aromatic carbocycles. The molecular weight excluding hydrogens is 260 g/mol. The molecular formula is C15H23ClN2O. The Morgan fingerprint density at radius 2 is 2.11 bits per heavy atom. The number of likely N-dealkylation sites (N-methyl/N-ethyl adjacent to an activating group) is 1. The predicted octanol–water partition coefficient (Wildman–Crippen LogP) is 3.06. The van der Waals surface area contributed by atoms with Gasteiger partial charge in [-0.1, -0.05) is 44.0 Å². The van der Waals surface area contributed by atoms with Gasteiger partial charge in [0.2, 0.25) is 5.91 Å². The van der Waals surface area contributed by atoms with Gasteiger partial charge in [0.25, 0.3) is 0 Å². The second-order valence-electron chi connectivity index (χ2n) is 4.89. The fourth-order valence-electron chi connectivity index (χ4n) is 1.91. The highest BCUT2D eigenvalue weighted by atomic mass is 35.5. The zero-order valence-corrected chi connectivity index (χ0v) is 12.7. The lowest BCUT2D eigenvalue weighted by Gasteiger charge is -2.27. The van der Waals surface area contributed by atoms with Crippen LogP contribution in [0, 0.1) is 5.92 Å². The van der Waals surface area contributed by atoms with Crippen LogP contribution in [0.15, 0.2) is 24.3 Å². The number of nitrogens with two attached hydrogens (primary N) is 1. The van der Waals surface area contributed by atoms with Crippen molar-refractivity contribution in [2.24, 2.45) is 11.7 Å². The summed E-state index contributed by atoms with van der Waals surface area (Å²) in [4.78, 5) is 14.1. The topological polar surface area (TPSA) is 46.3 Å². The summed E-state index contributed by atoms with van der Waals surface area (Å²) in [6, 6.07) is 7.14. The number of carbonyl (C=O) groups excluding carboxylic acids is 1. The molecule has 1 unspecified atom stereocenters. The summed E-state index contributed by atoms with van der Waals surface area (Å²) in [5, 5.41) is 0.687. The van der Waals surface area contributed by atoms with Gasteiger partial charge in [0.05, 0.1) is 6.04 Å². The first-order valence-corrected chi connectivity index (χ1v) is 7.16. The molecule has 0 aliphatic carbocycles. The van der Waals surface area contributed by atoms with Crippen molar-refractivity contribution in [2.45, 2.75) is 39.8 Å². The molecule has 0 heterocycles. The second kappa shape index (κ2) is 7.51. The maximum absolute atomic E-state index is 12.3. The summed E-state index contributed by atoms with van der Waals surface area (Å²) in [5.74, 6) is 0.206. The molecule has 106 valence electrons. The maximum atomic E-state index is 12.3. The summed E-state index contributed by atoms with van der Waals surface area (Å²) in [7, 11) is 0. The van der Waals surface area contributed by atoms with Crippen LogP contribution in [0.4, 0.5) is 0 Å². The second-order valence-corrected chi connectivity index (χ2v) is 5.33. The number of rotatable bonds is 6. The fraction of sp³-hybridized carbons (Fsp3) is 0.533. The van der Waals surface area contributed by atoms with Crippen LogP contribution in [-0.4, -0.2) is 23.4 Å². The predicted molar refractivity (Wildman–Crippen MR) is 80.0 cm³/mol. The third-order valence-corrected chi connectivity index (χ3v) is 3.73. The first kappa shape index (κ1) is 16.0. The Bertz CT molecular complexity index is 422. The van der Waals surface area contributed by atoms with Crippen molar-refractivity contribution >= 4 is 17.5 Å². The van der Waals surface area contributed by atoms with Gasteiger partial charge in [-0.15, -0.1) is 0 Å². The summed E-state index contributed by atoms with van der Waals surface area (Å²) < 4.78 is 0. The summed E-state index contributed by atoms with van der Waals surface area (Å²) in [6.07, 6.45) is 0.904. The van der Waals surface area contributed by atoms with Crippen molar-refractivity contribution in [3.05, 3.63) is 34.9 Å². The van der Waals surface area contributed by atoms with Crippen molar-refractivity contribution in [3.8, 4) is 0 Å². The van der Waals surface area contributed by atoms with Gasteiger partial charge < -0.3 is 10.6 Å². The Morgan fingerprint density at radius 3 is 2.63 bits per heavy atom. The van der Waals surface area contributed by atoms with Crippen molar-refractivity contribution in [1.82, 2.24) is 4.90 Å². The molecule has 0 fully saturated rings. The van der Waals surface area contributed by atoms with E-state index in [2.05, 4.69) is 0 Å². The van der Waals surface area contributed by atoms with Gasteiger partial charge in [-0.2, -0.15) is 0 Å². The zero-order valence-electron chi connectivity index (χ0n) is 11.9. The lowest BCUT2D eigenvalue weighted by Crippen LogP contribution is -2.46. The Labute approximate surface area is 120 Å². The molecule has 1 rings (SSSR count). The van der Waals surface area contributed by atoms with Gasteiger partial charge in [0.15, 0.2) is 0 Å². The lowest BCUT2D eigenvalue weighted by molar-refractivity contribution is -0.134. The number of hydrogen-bond acceptors (Lipinski definition) is 2. The molecule has 4 heteroatoms. The van der Waals surface area contributed by atoms with Crippen LogP contribution in [0.1, 0.15) is 32.8 Å². The van der Waals surface area contributed by atoms with E-state index in [9.17, 15) is 4.79 Å². The number of benzene rings is 1. The molecule has 0 bridgehead atoms. The smallest absolute Gasteiger partial charge is 0.240 e. The molecule has 0 radical (unpaired) electrons. The molecule has 3 nitrogen and oxygen atoms in total. The fourth-order valence-corrected chi connectivity index (χ4v) is 2.12. The Kier molecular flexibility index (Phi) is 6.32. The molecule has 0 spiro atoms. The van der Waals surface area contributed by atoms with Gasteiger partial charge >= 0.3 is 0 Å². The minimum atomic E-state index is -0.427. The minimum absolute atomic E-state index is 0.0109. The van der Waals surface area contributed by atoms with Crippen LogP contribution in [-0.2, 0) is 11.3 Å². The Balaban J connectivity index is 2.75. The normalized spacial score (nSPS) is 13.9. The van der Waals surface area contributed by atoms with E-state index < -0.39 is 6.04 Å². The van der Waals surface area contributed by atoms with Crippen LogP contribution in [0.5, 0.6) is 0 Å². The number of nitrogens with zero attached hydrogens (tertiary/aromatic N) is 1. The molecule has 0 saturated heterocycles. The SMILES string of the molecule is CCC(C)[C@H](N)C(=O)N(CC)Cc1cccc(Cl)c1. The lowest BCUT2D eigenvalue weighted by atomic mass is 9.98. The Morgan fingerprint density at radius 1 is 1.42 bits per heavy atom. The largest absolute Gasteiger partial charge is 0.337 e. The van der Waals surface area contributed by atoms with Crippen LogP contribution < -0.4 is 5.73 Å². The van der Waals surface area contributed by atoms with E-state index in [0.29, 0.717) is 18.1 Å². The zero-order chi connectivity index (χ0) is 14.4. The quantitative estimate of drug-likeness (QED) is 0.872. The minimum Gasteiger partial charge on any atom is -0.337 e. The molecule has 0 aliphatic heterocycles. The molecule has 19 heavy (non-hydrogen) atoms. The van der Waals surface area contributed by atoms with Gasteiger partial charge in [-0.05, 0) is 30.5 Å². The summed E-state index contributed by atoms with van der Waals surface area (Å²) in [5.41, 5.74) is 7.04. The molecule has 2 atom stereocenters. The molecule has 1 amide bonds. The van der Waals surface area contributed by atoms with Crippen LogP contribution in [0.25, 0.3) is 0 Å².